The van der Waals surface area contributed by atoms with Crippen molar-refractivity contribution in [1.82, 2.24) is 0 Å². The molecule has 0 saturated heterocycles. The Balaban J connectivity index is 2.14. The largest absolute Gasteiger partial charge is 0.0843 e. The number of rotatable bonds is 3. The molecular formula is C11H17. The molecule has 1 aliphatic rings. The van der Waals surface area contributed by atoms with Crippen LogP contribution in [0.5, 0.6) is 0 Å². The Morgan fingerprint density at radius 1 is 1.18 bits per heavy atom. The van der Waals surface area contributed by atoms with E-state index in [4.69, 9.17) is 6.58 Å². The topological polar surface area (TPSA) is 0 Å². The molecule has 0 heteroatoms. The predicted octanol–water partition coefficient (Wildman–Crippen LogP) is 3.50. The van der Waals surface area contributed by atoms with Gasteiger partial charge < -0.3 is 0 Å². The molecule has 11 heavy (non-hydrogen) atoms. The summed E-state index contributed by atoms with van der Waals surface area (Å²) in [6, 6.07) is 0. The van der Waals surface area contributed by atoms with E-state index in [1.54, 1.807) is 6.08 Å². The minimum atomic E-state index is 0.944. The van der Waals surface area contributed by atoms with Crippen molar-refractivity contribution in [1.29, 1.82) is 0 Å². The van der Waals surface area contributed by atoms with E-state index in [1.807, 2.05) is 6.08 Å². The van der Waals surface area contributed by atoms with Gasteiger partial charge in [0.15, 0.2) is 0 Å². The van der Waals surface area contributed by atoms with E-state index in [0.29, 0.717) is 0 Å². The molecular weight excluding hydrogens is 132 g/mol. The molecule has 61 valence electrons. The monoisotopic (exact) mass is 149 g/mol. The van der Waals surface area contributed by atoms with E-state index in [9.17, 15) is 0 Å². The minimum absolute atomic E-state index is 0.944. The van der Waals surface area contributed by atoms with Crippen LogP contribution in [0.2, 0.25) is 0 Å². The summed E-state index contributed by atoms with van der Waals surface area (Å²) in [5, 5.41) is 0. The number of hydrogen-bond acceptors (Lipinski definition) is 0. The van der Waals surface area contributed by atoms with Gasteiger partial charge in [0.05, 0.1) is 0 Å². The zero-order valence-corrected chi connectivity index (χ0v) is 7.13. The molecule has 0 aromatic rings. The zero-order valence-electron chi connectivity index (χ0n) is 7.13. The molecule has 0 nitrogen and oxygen atoms in total. The van der Waals surface area contributed by atoms with Crippen LogP contribution in [-0.2, 0) is 0 Å². The fraction of sp³-hybridized carbons (Fsp3) is 0.636. The van der Waals surface area contributed by atoms with Crippen LogP contribution < -0.4 is 0 Å². The molecule has 0 aromatic carbocycles. The maximum Gasteiger partial charge on any atom is -0.0319 e. The molecule has 1 aliphatic carbocycles. The molecule has 0 amide bonds. The summed E-state index contributed by atoms with van der Waals surface area (Å²) in [6.45, 7) is 5.23. The van der Waals surface area contributed by atoms with E-state index in [2.05, 4.69) is 6.08 Å². The van der Waals surface area contributed by atoms with E-state index < -0.39 is 0 Å². The normalized spacial score (nSPS) is 20.7. The second-order valence-electron chi connectivity index (χ2n) is 3.36. The summed E-state index contributed by atoms with van der Waals surface area (Å²) in [5.41, 5.74) is 0. The maximum atomic E-state index is 5.23. The smallest absolute Gasteiger partial charge is 0.0319 e. The van der Waals surface area contributed by atoms with Gasteiger partial charge in [-0.2, -0.15) is 0 Å². The van der Waals surface area contributed by atoms with Crippen molar-refractivity contribution >= 4 is 0 Å². The minimum Gasteiger partial charge on any atom is -0.0843 e. The first-order valence-corrected chi connectivity index (χ1v) is 4.63. The van der Waals surface area contributed by atoms with E-state index >= 15 is 0 Å². The van der Waals surface area contributed by atoms with Crippen LogP contribution >= 0.6 is 0 Å². The lowest BCUT2D eigenvalue weighted by atomic mass is 9.87. The van der Waals surface area contributed by atoms with Crippen LogP contribution in [0.1, 0.15) is 38.5 Å². The van der Waals surface area contributed by atoms with Gasteiger partial charge in [0.1, 0.15) is 0 Å². The molecule has 1 rings (SSSR count). The van der Waals surface area contributed by atoms with Gasteiger partial charge in [-0.15, -0.1) is 0 Å². The quantitative estimate of drug-likeness (QED) is 0.539. The first kappa shape index (κ1) is 8.58. The van der Waals surface area contributed by atoms with Crippen molar-refractivity contribution in [3.05, 3.63) is 24.8 Å². The average molecular weight is 149 g/mol. The Labute approximate surface area is 70.0 Å². The summed E-state index contributed by atoms with van der Waals surface area (Å²) >= 11 is 0. The fourth-order valence-electron chi connectivity index (χ4n) is 1.77. The standard InChI is InChI=1S/C11H17/c1-2-3-5-8-11-9-6-4-7-10-11/h1-3,5,11H,4,6-10H2. The lowest BCUT2D eigenvalue weighted by molar-refractivity contribution is 0.361. The van der Waals surface area contributed by atoms with Gasteiger partial charge in [-0.25, -0.2) is 0 Å². The van der Waals surface area contributed by atoms with Crippen LogP contribution in [0.25, 0.3) is 0 Å². The molecule has 0 N–H and O–H groups in total. The van der Waals surface area contributed by atoms with Crippen LogP contribution in [0, 0.1) is 12.5 Å². The number of allylic oxidation sites excluding steroid dienone is 3. The van der Waals surface area contributed by atoms with E-state index in [-0.39, 0.29) is 0 Å². The maximum absolute atomic E-state index is 5.23. The van der Waals surface area contributed by atoms with Gasteiger partial charge in [-0.05, 0) is 12.3 Å². The molecule has 0 bridgehead atoms. The zero-order chi connectivity index (χ0) is 7.94. The lowest BCUT2D eigenvalue weighted by Crippen LogP contribution is -2.04. The average Bonchev–Trinajstić information content (AvgIpc) is 2.07. The summed E-state index contributed by atoms with van der Waals surface area (Å²) in [6.07, 6.45) is 14.2. The fourth-order valence-corrected chi connectivity index (χ4v) is 1.77. The highest BCUT2D eigenvalue weighted by Crippen LogP contribution is 2.26. The van der Waals surface area contributed by atoms with E-state index in [0.717, 1.165) is 5.92 Å². The summed E-state index contributed by atoms with van der Waals surface area (Å²) in [7, 11) is 0. The summed E-state index contributed by atoms with van der Waals surface area (Å²) in [5.74, 6) is 0.944. The number of hydrogen-bond donors (Lipinski definition) is 0. The van der Waals surface area contributed by atoms with Crippen LogP contribution in [0.4, 0.5) is 0 Å². The lowest BCUT2D eigenvalue weighted by Gasteiger charge is -2.19. The predicted molar refractivity (Wildman–Crippen MR) is 49.2 cm³/mol. The second kappa shape index (κ2) is 5.17. The second-order valence-corrected chi connectivity index (χ2v) is 3.36. The van der Waals surface area contributed by atoms with Gasteiger partial charge in [-0.1, -0.05) is 56.9 Å². The molecule has 0 aliphatic heterocycles. The van der Waals surface area contributed by atoms with Crippen molar-refractivity contribution in [3.63, 3.8) is 0 Å². The van der Waals surface area contributed by atoms with Gasteiger partial charge in [0.2, 0.25) is 0 Å². The van der Waals surface area contributed by atoms with Gasteiger partial charge >= 0.3 is 0 Å². The van der Waals surface area contributed by atoms with Crippen molar-refractivity contribution in [3.8, 4) is 0 Å². The summed E-state index contributed by atoms with van der Waals surface area (Å²) in [4.78, 5) is 0. The highest BCUT2D eigenvalue weighted by Gasteiger charge is 2.10. The molecule has 1 radical (unpaired) electrons. The molecule has 0 atom stereocenters. The van der Waals surface area contributed by atoms with Crippen molar-refractivity contribution < 1.29 is 0 Å². The third-order valence-corrected chi connectivity index (χ3v) is 2.44. The van der Waals surface area contributed by atoms with E-state index in [1.165, 1.54) is 38.5 Å². The third-order valence-electron chi connectivity index (χ3n) is 2.44. The Hall–Kier alpha value is -0.520. The SMILES string of the molecule is [CH]=CC=CCC1CCCCC1. The Kier molecular flexibility index (Phi) is 4.03. The van der Waals surface area contributed by atoms with Crippen LogP contribution in [-0.4, -0.2) is 0 Å². The molecule has 0 heterocycles. The molecule has 1 fully saturated rings. The molecule has 1 saturated carbocycles. The molecule has 0 spiro atoms. The molecule has 0 aromatic heterocycles. The highest BCUT2D eigenvalue weighted by molar-refractivity contribution is 4.96. The Morgan fingerprint density at radius 3 is 2.55 bits per heavy atom. The van der Waals surface area contributed by atoms with Gasteiger partial charge in [0, 0.05) is 0 Å². The van der Waals surface area contributed by atoms with Gasteiger partial charge in [-0.3, -0.25) is 0 Å². The van der Waals surface area contributed by atoms with Gasteiger partial charge in [0.25, 0.3) is 0 Å². The first-order chi connectivity index (χ1) is 5.43. The Bertz CT molecular complexity index is 127. The Morgan fingerprint density at radius 2 is 1.91 bits per heavy atom. The summed E-state index contributed by atoms with van der Waals surface area (Å²) < 4.78 is 0. The van der Waals surface area contributed by atoms with Crippen molar-refractivity contribution in [2.45, 2.75) is 38.5 Å². The van der Waals surface area contributed by atoms with Crippen LogP contribution in [0.3, 0.4) is 0 Å². The first-order valence-electron chi connectivity index (χ1n) is 4.63. The van der Waals surface area contributed by atoms with Crippen molar-refractivity contribution in [2.75, 3.05) is 0 Å². The molecule has 0 unspecified atom stereocenters. The highest BCUT2D eigenvalue weighted by atomic mass is 14.2. The third kappa shape index (κ3) is 3.41. The van der Waals surface area contributed by atoms with Crippen molar-refractivity contribution in [2.24, 2.45) is 5.92 Å². The van der Waals surface area contributed by atoms with Crippen LogP contribution in [0.15, 0.2) is 18.2 Å².